The second kappa shape index (κ2) is 8.59. The molecule has 0 saturated carbocycles. The van der Waals surface area contributed by atoms with Gasteiger partial charge in [-0.15, -0.1) is 0 Å². The third-order valence-corrected chi connectivity index (χ3v) is 7.26. The third-order valence-electron chi connectivity index (χ3n) is 7.26. The van der Waals surface area contributed by atoms with Gasteiger partial charge in [0.05, 0.1) is 18.8 Å². The van der Waals surface area contributed by atoms with Crippen LogP contribution >= 0.6 is 0 Å². The third kappa shape index (κ3) is 3.58. The molecule has 2 atom stereocenters. The average Bonchev–Trinajstić information content (AvgIpc) is 3.16. The largest absolute Gasteiger partial charge is 0.495 e. The molecule has 8 nitrogen and oxygen atoms in total. The van der Waals surface area contributed by atoms with Gasteiger partial charge in [0.1, 0.15) is 11.8 Å². The summed E-state index contributed by atoms with van der Waals surface area (Å²) >= 11 is 0. The van der Waals surface area contributed by atoms with Crippen molar-refractivity contribution in [1.29, 1.82) is 0 Å². The van der Waals surface area contributed by atoms with Crippen LogP contribution in [0.15, 0.2) is 48.5 Å². The fourth-order valence-corrected chi connectivity index (χ4v) is 5.43. The van der Waals surface area contributed by atoms with Crippen molar-refractivity contribution in [3.63, 3.8) is 0 Å². The van der Waals surface area contributed by atoms with E-state index in [-0.39, 0.29) is 24.0 Å². The Bertz CT molecular complexity index is 1050. The summed E-state index contributed by atoms with van der Waals surface area (Å²) in [6.45, 7) is 4.60. The van der Waals surface area contributed by atoms with E-state index in [2.05, 4.69) is 15.9 Å². The van der Waals surface area contributed by atoms with Crippen molar-refractivity contribution < 1.29 is 14.3 Å². The number of carbonyl (C=O) groups is 2. The van der Waals surface area contributed by atoms with Crippen molar-refractivity contribution in [2.75, 3.05) is 70.3 Å². The molecular formula is C25H31N5O3. The van der Waals surface area contributed by atoms with Crippen LogP contribution in [-0.2, 0) is 4.79 Å². The van der Waals surface area contributed by atoms with Crippen molar-refractivity contribution in [3.8, 4) is 5.75 Å². The minimum absolute atomic E-state index is 0.102. The number of para-hydroxylation sites is 3. The zero-order valence-electron chi connectivity index (χ0n) is 19.5. The van der Waals surface area contributed by atoms with E-state index in [0.29, 0.717) is 13.1 Å². The summed E-state index contributed by atoms with van der Waals surface area (Å²) in [4.78, 5) is 36.4. The van der Waals surface area contributed by atoms with Gasteiger partial charge in [-0.25, -0.2) is 4.79 Å². The van der Waals surface area contributed by atoms with Gasteiger partial charge < -0.3 is 19.4 Å². The number of amides is 3. The molecule has 3 aliphatic heterocycles. The molecule has 2 saturated heterocycles. The van der Waals surface area contributed by atoms with Gasteiger partial charge in [-0.05, 0) is 18.2 Å². The van der Waals surface area contributed by atoms with Gasteiger partial charge in [0.15, 0.2) is 0 Å². The highest BCUT2D eigenvalue weighted by atomic mass is 16.5. The summed E-state index contributed by atoms with van der Waals surface area (Å²) in [5, 5.41) is 0. The fraction of sp³-hybridized carbons (Fsp3) is 0.440. The molecule has 5 rings (SSSR count). The monoisotopic (exact) mass is 449 g/mol. The number of piperazine rings is 1. The molecule has 2 aromatic rings. The quantitative estimate of drug-likeness (QED) is 0.698. The van der Waals surface area contributed by atoms with Crippen molar-refractivity contribution in [2.24, 2.45) is 0 Å². The topological polar surface area (TPSA) is 59.6 Å². The Hall–Kier alpha value is -3.26. The molecule has 8 heteroatoms. The fourth-order valence-electron chi connectivity index (χ4n) is 5.43. The SMILES string of the molecule is COc1ccccc1N1CCN(CCN2C(=O)C3C(c4ccccc4N3C)N(C)C2=O)CC1. The molecule has 0 aliphatic carbocycles. The van der Waals surface area contributed by atoms with Gasteiger partial charge in [0.2, 0.25) is 0 Å². The van der Waals surface area contributed by atoms with E-state index in [1.54, 1.807) is 19.1 Å². The first-order chi connectivity index (χ1) is 16.0. The Morgan fingerprint density at radius 2 is 1.48 bits per heavy atom. The van der Waals surface area contributed by atoms with Crippen LogP contribution in [0.1, 0.15) is 11.6 Å². The lowest BCUT2D eigenvalue weighted by Crippen LogP contribution is -2.62. The molecule has 0 bridgehead atoms. The number of ether oxygens (including phenoxy) is 1. The maximum atomic E-state index is 13.4. The number of hydrogen-bond donors (Lipinski definition) is 0. The Morgan fingerprint density at radius 1 is 0.818 bits per heavy atom. The molecule has 174 valence electrons. The van der Waals surface area contributed by atoms with E-state index in [9.17, 15) is 9.59 Å². The molecule has 0 N–H and O–H groups in total. The van der Waals surface area contributed by atoms with E-state index < -0.39 is 0 Å². The van der Waals surface area contributed by atoms with E-state index in [4.69, 9.17) is 4.74 Å². The van der Waals surface area contributed by atoms with Gasteiger partial charge in [0.25, 0.3) is 5.91 Å². The lowest BCUT2D eigenvalue weighted by molar-refractivity contribution is -0.134. The molecule has 0 aromatic heterocycles. The number of carbonyl (C=O) groups excluding carboxylic acids is 2. The highest BCUT2D eigenvalue weighted by molar-refractivity contribution is 6.03. The molecule has 2 unspecified atom stereocenters. The van der Waals surface area contributed by atoms with Crippen LogP contribution < -0.4 is 14.5 Å². The van der Waals surface area contributed by atoms with Crippen LogP contribution in [-0.4, -0.2) is 93.2 Å². The second-order valence-electron chi connectivity index (χ2n) is 8.94. The van der Waals surface area contributed by atoms with E-state index >= 15 is 0 Å². The summed E-state index contributed by atoms with van der Waals surface area (Å²) in [7, 11) is 5.45. The lowest BCUT2D eigenvalue weighted by Gasteiger charge is -2.43. The first-order valence-corrected chi connectivity index (χ1v) is 11.5. The van der Waals surface area contributed by atoms with Crippen LogP contribution in [0.3, 0.4) is 0 Å². The maximum Gasteiger partial charge on any atom is 0.327 e. The van der Waals surface area contributed by atoms with E-state index in [0.717, 1.165) is 48.9 Å². The van der Waals surface area contributed by atoms with Gasteiger partial charge in [0, 0.05) is 64.6 Å². The minimum Gasteiger partial charge on any atom is -0.495 e. The Labute approximate surface area is 194 Å². The standard InChI is InChI=1S/C25H31N5O3/c1-26-19-9-5-4-8-18(19)22-23(26)24(31)30(25(32)27(22)2)17-14-28-12-15-29(16-13-28)20-10-6-7-11-21(20)33-3/h4-11,22-23H,12-17H2,1-3H3. The number of rotatable bonds is 5. The molecule has 2 aromatic carbocycles. The molecule has 3 aliphatic rings. The normalized spacial score (nSPS) is 23.1. The summed E-state index contributed by atoms with van der Waals surface area (Å²) in [6, 6.07) is 15.2. The number of methoxy groups -OCH3 is 1. The van der Waals surface area contributed by atoms with E-state index in [1.807, 2.05) is 54.4 Å². The van der Waals surface area contributed by atoms with Crippen molar-refractivity contribution in [1.82, 2.24) is 14.7 Å². The average molecular weight is 450 g/mol. The van der Waals surface area contributed by atoms with Gasteiger partial charge in [-0.1, -0.05) is 30.3 Å². The van der Waals surface area contributed by atoms with Crippen LogP contribution in [0.25, 0.3) is 0 Å². The van der Waals surface area contributed by atoms with E-state index in [1.165, 1.54) is 4.90 Å². The maximum absolute atomic E-state index is 13.4. The Balaban J connectivity index is 1.22. The van der Waals surface area contributed by atoms with Crippen molar-refractivity contribution in [3.05, 3.63) is 54.1 Å². The van der Waals surface area contributed by atoms with Crippen molar-refractivity contribution >= 4 is 23.3 Å². The van der Waals surface area contributed by atoms with Gasteiger partial charge in [-0.2, -0.15) is 0 Å². The number of urea groups is 1. The number of imide groups is 1. The molecule has 3 amide bonds. The number of hydrogen-bond acceptors (Lipinski definition) is 6. The molecule has 0 spiro atoms. The Morgan fingerprint density at radius 3 is 2.21 bits per heavy atom. The van der Waals surface area contributed by atoms with Crippen LogP contribution in [0.2, 0.25) is 0 Å². The number of likely N-dealkylation sites (N-methyl/N-ethyl adjacent to an activating group) is 2. The molecule has 2 fully saturated rings. The first kappa shape index (κ1) is 21.6. The molecule has 0 radical (unpaired) electrons. The Kier molecular flexibility index (Phi) is 5.62. The summed E-state index contributed by atoms with van der Waals surface area (Å²) in [6.07, 6.45) is 0. The molecular weight excluding hydrogens is 418 g/mol. The number of anilines is 2. The van der Waals surface area contributed by atoms with Crippen LogP contribution in [0.4, 0.5) is 16.2 Å². The highest BCUT2D eigenvalue weighted by Crippen LogP contribution is 2.44. The predicted molar refractivity (Wildman–Crippen MR) is 128 cm³/mol. The summed E-state index contributed by atoms with van der Waals surface area (Å²) < 4.78 is 5.51. The highest BCUT2D eigenvalue weighted by Gasteiger charge is 2.51. The summed E-state index contributed by atoms with van der Waals surface area (Å²) in [5.41, 5.74) is 3.17. The van der Waals surface area contributed by atoms with Crippen LogP contribution in [0, 0.1) is 0 Å². The lowest BCUT2D eigenvalue weighted by atomic mass is 9.99. The first-order valence-electron chi connectivity index (χ1n) is 11.5. The van der Waals surface area contributed by atoms with Crippen LogP contribution in [0.5, 0.6) is 5.75 Å². The molecule has 3 heterocycles. The summed E-state index contributed by atoms with van der Waals surface area (Å²) in [5.74, 6) is 0.782. The van der Waals surface area contributed by atoms with Crippen molar-refractivity contribution in [2.45, 2.75) is 12.1 Å². The smallest absolute Gasteiger partial charge is 0.327 e. The number of benzene rings is 2. The second-order valence-corrected chi connectivity index (χ2v) is 8.94. The zero-order valence-corrected chi connectivity index (χ0v) is 19.5. The molecule has 33 heavy (non-hydrogen) atoms. The minimum atomic E-state index is -0.368. The number of fused-ring (bicyclic) bond motifs is 3. The predicted octanol–water partition coefficient (Wildman–Crippen LogP) is 2.27. The van der Waals surface area contributed by atoms with Gasteiger partial charge >= 0.3 is 6.03 Å². The van der Waals surface area contributed by atoms with Gasteiger partial charge in [-0.3, -0.25) is 14.6 Å². The number of nitrogens with zero attached hydrogens (tertiary/aromatic N) is 5. The zero-order chi connectivity index (χ0) is 23.1.